The van der Waals surface area contributed by atoms with E-state index in [1.54, 1.807) is 38.4 Å². The molecule has 0 aromatic heterocycles. The SMILES string of the molecule is CN(C)C(=O)c1cccc(NC(=O)c2ccc(C3SCCCS3)cc2)c1. The Morgan fingerprint density at radius 3 is 2.35 bits per heavy atom. The quantitative estimate of drug-likeness (QED) is 0.840. The van der Waals surface area contributed by atoms with Crippen molar-refractivity contribution in [1.82, 2.24) is 4.90 Å². The highest BCUT2D eigenvalue weighted by molar-refractivity contribution is 8.16. The van der Waals surface area contributed by atoms with Crippen LogP contribution in [-0.4, -0.2) is 42.3 Å². The van der Waals surface area contributed by atoms with E-state index < -0.39 is 0 Å². The van der Waals surface area contributed by atoms with Gasteiger partial charge in [-0.1, -0.05) is 18.2 Å². The highest BCUT2D eigenvalue weighted by Gasteiger charge is 2.17. The average molecular weight is 387 g/mol. The van der Waals surface area contributed by atoms with Gasteiger partial charge in [-0.05, 0) is 53.8 Å². The fourth-order valence-corrected chi connectivity index (χ4v) is 5.56. The van der Waals surface area contributed by atoms with E-state index in [0.717, 1.165) is 0 Å². The highest BCUT2D eigenvalue weighted by Crippen LogP contribution is 2.43. The number of benzene rings is 2. The molecule has 1 saturated heterocycles. The van der Waals surface area contributed by atoms with Gasteiger partial charge in [-0.25, -0.2) is 0 Å². The molecule has 0 radical (unpaired) electrons. The van der Waals surface area contributed by atoms with E-state index in [-0.39, 0.29) is 11.8 Å². The summed E-state index contributed by atoms with van der Waals surface area (Å²) in [5, 5.41) is 2.87. The third-order valence-corrected chi connectivity index (χ3v) is 7.06. The standard InChI is InChI=1S/C20H22N2O2S2/c1-22(2)19(24)16-5-3-6-17(13-16)21-18(23)14-7-9-15(10-8-14)20-25-11-4-12-26-20/h3,5-10,13,20H,4,11-12H2,1-2H3,(H,21,23). The first-order chi connectivity index (χ1) is 12.5. The molecular weight excluding hydrogens is 364 g/mol. The van der Waals surface area contributed by atoms with Crippen molar-refractivity contribution in [1.29, 1.82) is 0 Å². The summed E-state index contributed by atoms with van der Waals surface area (Å²) < 4.78 is 0.467. The van der Waals surface area contributed by atoms with Crippen molar-refractivity contribution in [3.05, 3.63) is 65.2 Å². The zero-order valence-corrected chi connectivity index (χ0v) is 16.5. The molecule has 1 N–H and O–H groups in total. The maximum absolute atomic E-state index is 12.5. The lowest BCUT2D eigenvalue weighted by atomic mass is 10.1. The minimum absolute atomic E-state index is 0.0899. The van der Waals surface area contributed by atoms with E-state index in [0.29, 0.717) is 21.4 Å². The van der Waals surface area contributed by atoms with Crippen molar-refractivity contribution in [3.8, 4) is 0 Å². The van der Waals surface area contributed by atoms with Crippen LogP contribution in [0.3, 0.4) is 0 Å². The molecule has 2 aromatic carbocycles. The van der Waals surface area contributed by atoms with Crippen molar-refractivity contribution in [3.63, 3.8) is 0 Å². The van der Waals surface area contributed by atoms with Gasteiger partial charge in [0.05, 0.1) is 4.58 Å². The lowest BCUT2D eigenvalue weighted by Crippen LogP contribution is -2.22. The van der Waals surface area contributed by atoms with Crippen LogP contribution in [0.25, 0.3) is 0 Å². The van der Waals surface area contributed by atoms with Crippen LogP contribution in [0.1, 0.15) is 37.3 Å². The maximum Gasteiger partial charge on any atom is 0.255 e. The van der Waals surface area contributed by atoms with Crippen LogP contribution in [0.4, 0.5) is 5.69 Å². The molecule has 2 amide bonds. The summed E-state index contributed by atoms with van der Waals surface area (Å²) in [6.45, 7) is 0. The molecular formula is C20H22N2O2S2. The van der Waals surface area contributed by atoms with E-state index in [9.17, 15) is 9.59 Å². The number of rotatable bonds is 4. The highest BCUT2D eigenvalue weighted by atomic mass is 32.2. The van der Waals surface area contributed by atoms with E-state index in [4.69, 9.17) is 0 Å². The molecule has 1 aliphatic rings. The molecule has 0 spiro atoms. The molecule has 0 saturated carbocycles. The van der Waals surface area contributed by atoms with E-state index >= 15 is 0 Å². The largest absolute Gasteiger partial charge is 0.345 e. The molecule has 0 unspecified atom stereocenters. The molecule has 0 aliphatic carbocycles. The van der Waals surface area contributed by atoms with Crippen molar-refractivity contribution in [2.24, 2.45) is 0 Å². The predicted molar refractivity (Wildman–Crippen MR) is 111 cm³/mol. The lowest BCUT2D eigenvalue weighted by molar-refractivity contribution is 0.0827. The van der Waals surface area contributed by atoms with Gasteiger partial charge < -0.3 is 10.2 Å². The summed E-state index contributed by atoms with van der Waals surface area (Å²) in [6.07, 6.45) is 1.27. The smallest absolute Gasteiger partial charge is 0.255 e. The molecule has 1 aliphatic heterocycles. The Bertz CT molecular complexity index is 785. The number of nitrogens with zero attached hydrogens (tertiary/aromatic N) is 1. The van der Waals surface area contributed by atoms with Crippen molar-refractivity contribution in [2.45, 2.75) is 11.0 Å². The molecule has 0 atom stereocenters. The van der Waals surface area contributed by atoms with Crippen LogP contribution in [-0.2, 0) is 0 Å². The van der Waals surface area contributed by atoms with E-state index in [1.807, 2.05) is 47.8 Å². The monoisotopic (exact) mass is 386 g/mol. The predicted octanol–water partition coefficient (Wildman–Crippen LogP) is 4.51. The molecule has 3 rings (SSSR count). The molecule has 26 heavy (non-hydrogen) atoms. The van der Waals surface area contributed by atoms with Gasteiger partial charge in [0.2, 0.25) is 0 Å². The zero-order valence-electron chi connectivity index (χ0n) is 14.9. The Labute approximate surface area is 162 Å². The fraction of sp³-hybridized carbons (Fsp3) is 0.300. The topological polar surface area (TPSA) is 49.4 Å². The summed E-state index contributed by atoms with van der Waals surface area (Å²) in [4.78, 5) is 26.1. The number of hydrogen-bond donors (Lipinski definition) is 1. The summed E-state index contributed by atoms with van der Waals surface area (Å²) in [6, 6.07) is 14.8. The van der Waals surface area contributed by atoms with E-state index in [2.05, 4.69) is 5.32 Å². The van der Waals surface area contributed by atoms with Gasteiger partial charge in [-0.2, -0.15) is 0 Å². The van der Waals surface area contributed by atoms with Crippen LogP contribution in [0.2, 0.25) is 0 Å². The Hall–Kier alpha value is -1.92. The van der Waals surface area contributed by atoms with Gasteiger partial charge in [-0.15, -0.1) is 23.5 Å². The normalized spacial score (nSPS) is 14.7. The van der Waals surface area contributed by atoms with Gasteiger partial charge in [0, 0.05) is 30.9 Å². The van der Waals surface area contributed by atoms with Crippen molar-refractivity contribution in [2.75, 3.05) is 30.9 Å². The number of thioether (sulfide) groups is 2. The van der Waals surface area contributed by atoms with Gasteiger partial charge in [0.1, 0.15) is 0 Å². The number of hydrogen-bond acceptors (Lipinski definition) is 4. The number of carbonyl (C=O) groups excluding carboxylic acids is 2. The van der Waals surface area contributed by atoms with Crippen LogP contribution in [0.15, 0.2) is 48.5 Å². The summed E-state index contributed by atoms with van der Waals surface area (Å²) in [7, 11) is 3.41. The maximum atomic E-state index is 12.5. The lowest BCUT2D eigenvalue weighted by Gasteiger charge is -2.21. The molecule has 4 nitrogen and oxygen atoms in total. The second-order valence-electron chi connectivity index (χ2n) is 6.28. The first kappa shape index (κ1) is 18.9. The molecule has 6 heteroatoms. The summed E-state index contributed by atoms with van der Waals surface area (Å²) in [5.74, 6) is 2.13. The molecule has 0 bridgehead atoms. The van der Waals surface area contributed by atoms with Gasteiger partial charge >= 0.3 is 0 Å². The minimum atomic E-state index is -0.171. The summed E-state index contributed by atoms with van der Waals surface area (Å²) in [5.41, 5.74) is 3.04. The van der Waals surface area contributed by atoms with Gasteiger partial charge in [-0.3, -0.25) is 9.59 Å². The van der Waals surface area contributed by atoms with Crippen LogP contribution in [0.5, 0.6) is 0 Å². The number of anilines is 1. The fourth-order valence-electron chi connectivity index (χ4n) is 2.66. The third kappa shape index (κ3) is 4.62. The van der Waals surface area contributed by atoms with Crippen LogP contribution >= 0.6 is 23.5 Å². The van der Waals surface area contributed by atoms with Gasteiger partial charge in [0.25, 0.3) is 11.8 Å². The summed E-state index contributed by atoms with van der Waals surface area (Å²) >= 11 is 3.93. The second kappa shape index (κ2) is 8.64. The Balaban J connectivity index is 1.68. The number of nitrogens with one attached hydrogen (secondary N) is 1. The Morgan fingerprint density at radius 1 is 1.00 bits per heavy atom. The first-order valence-corrected chi connectivity index (χ1v) is 10.6. The Kier molecular flexibility index (Phi) is 6.27. The molecule has 1 heterocycles. The minimum Gasteiger partial charge on any atom is -0.345 e. The molecule has 2 aromatic rings. The first-order valence-electron chi connectivity index (χ1n) is 8.51. The van der Waals surface area contributed by atoms with Crippen LogP contribution in [0, 0.1) is 0 Å². The van der Waals surface area contributed by atoms with E-state index in [1.165, 1.54) is 28.4 Å². The van der Waals surface area contributed by atoms with Crippen molar-refractivity contribution < 1.29 is 9.59 Å². The molecule has 136 valence electrons. The number of carbonyl (C=O) groups is 2. The molecule has 1 fully saturated rings. The Morgan fingerprint density at radius 2 is 1.69 bits per heavy atom. The van der Waals surface area contributed by atoms with Gasteiger partial charge in [0.15, 0.2) is 0 Å². The number of amides is 2. The average Bonchev–Trinajstić information content (AvgIpc) is 2.68. The van der Waals surface area contributed by atoms with Crippen LogP contribution < -0.4 is 5.32 Å². The third-order valence-electron chi connectivity index (χ3n) is 4.05. The van der Waals surface area contributed by atoms with Crippen molar-refractivity contribution >= 4 is 41.0 Å². The second-order valence-corrected chi connectivity index (χ2v) is 9.01. The zero-order chi connectivity index (χ0) is 18.5.